The topological polar surface area (TPSA) is 151 Å². The zero-order chi connectivity index (χ0) is 35.2. The predicted octanol–water partition coefficient (Wildman–Crippen LogP) is 4.16. The van der Waals surface area contributed by atoms with E-state index >= 15 is 0 Å². The van der Waals surface area contributed by atoms with E-state index in [9.17, 15) is 22.8 Å². The molecule has 0 aliphatic heterocycles. The molecule has 0 aliphatic carbocycles. The van der Waals surface area contributed by atoms with Crippen LogP contribution >= 0.6 is 0 Å². The van der Waals surface area contributed by atoms with Crippen molar-refractivity contribution >= 4 is 33.4 Å². The van der Waals surface area contributed by atoms with E-state index in [1.807, 2.05) is 78.8 Å². The number of benzene rings is 2. The number of aryl methyl sites for hydroxylation is 1. The molecular formula is C35H53N5O5S. The number of nitrogens with zero attached hydrogens (tertiary/aromatic N) is 1. The normalized spacial score (nSPS) is 14.7. The first-order valence-electron chi connectivity index (χ1n) is 15.6. The lowest BCUT2D eigenvalue weighted by Crippen LogP contribution is -2.61. The maximum Gasteiger partial charge on any atom is 0.264 e. The van der Waals surface area contributed by atoms with Crippen molar-refractivity contribution in [3.05, 3.63) is 71.3 Å². The second-order valence-electron chi connectivity index (χ2n) is 13.8. The summed E-state index contributed by atoms with van der Waals surface area (Å²) in [5, 5.41) is 6.16. The third-order valence-electron chi connectivity index (χ3n) is 8.43. The minimum Gasteiger partial charge on any atom is -0.399 e. The van der Waals surface area contributed by atoms with Crippen molar-refractivity contribution < 1.29 is 22.8 Å². The SMILES string of the molecule is CCc1cc(N)ccc1S(=O)(=O)NC(=O)/C(C)=C/[C@H](C(C)C)N(C)C(=O)[C@@H](NC(=O)[C@@H](NC)C(C)(C)c1ccccc1)C(C)(C)C. The lowest BCUT2D eigenvalue weighted by molar-refractivity contribution is -0.140. The fraction of sp³-hybridized carbons (Fsp3) is 0.514. The zero-order valence-corrected chi connectivity index (χ0v) is 30.0. The van der Waals surface area contributed by atoms with Crippen LogP contribution in [0.25, 0.3) is 0 Å². The van der Waals surface area contributed by atoms with E-state index in [-0.39, 0.29) is 28.2 Å². The number of rotatable bonds is 13. The fourth-order valence-corrected chi connectivity index (χ4v) is 6.87. The predicted molar refractivity (Wildman–Crippen MR) is 184 cm³/mol. The van der Waals surface area contributed by atoms with Crippen LogP contribution in [0.2, 0.25) is 0 Å². The van der Waals surface area contributed by atoms with Gasteiger partial charge in [0.25, 0.3) is 15.9 Å². The summed E-state index contributed by atoms with van der Waals surface area (Å²) >= 11 is 0. The van der Waals surface area contributed by atoms with E-state index in [1.165, 1.54) is 24.0 Å². The van der Waals surface area contributed by atoms with Crippen molar-refractivity contribution in [2.75, 3.05) is 19.8 Å². The number of nitrogens with one attached hydrogen (secondary N) is 3. The monoisotopic (exact) mass is 655 g/mol. The summed E-state index contributed by atoms with van der Waals surface area (Å²) in [4.78, 5) is 42.6. The van der Waals surface area contributed by atoms with Crippen LogP contribution in [0.15, 0.2) is 65.1 Å². The van der Waals surface area contributed by atoms with Crippen LogP contribution in [0, 0.1) is 11.3 Å². The highest BCUT2D eigenvalue weighted by molar-refractivity contribution is 7.90. The fourth-order valence-electron chi connectivity index (χ4n) is 5.56. The molecule has 10 nitrogen and oxygen atoms in total. The highest BCUT2D eigenvalue weighted by atomic mass is 32.2. The molecule has 3 atom stereocenters. The van der Waals surface area contributed by atoms with Gasteiger partial charge in [-0.05, 0) is 61.1 Å². The first-order valence-corrected chi connectivity index (χ1v) is 17.1. The number of likely N-dealkylation sites (N-methyl/N-ethyl adjacent to an activating group) is 2. The van der Waals surface area contributed by atoms with Gasteiger partial charge in [0.15, 0.2) is 0 Å². The molecule has 0 fully saturated rings. The van der Waals surface area contributed by atoms with Gasteiger partial charge in [-0.25, -0.2) is 13.1 Å². The van der Waals surface area contributed by atoms with Crippen molar-refractivity contribution in [3.63, 3.8) is 0 Å². The summed E-state index contributed by atoms with van der Waals surface area (Å²) in [7, 11) is -0.828. The molecule has 0 unspecified atom stereocenters. The minimum absolute atomic E-state index is 0.0165. The Kier molecular flexibility index (Phi) is 12.8. The van der Waals surface area contributed by atoms with Gasteiger partial charge in [-0.1, -0.05) is 91.8 Å². The Morgan fingerprint density at radius 1 is 0.978 bits per heavy atom. The summed E-state index contributed by atoms with van der Waals surface area (Å²) in [6.07, 6.45) is 2.00. The average Bonchev–Trinajstić information content (AvgIpc) is 2.97. The van der Waals surface area contributed by atoms with Crippen molar-refractivity contribution in [2.45, 2.75) is 97.2 Å². The van der Waals surface area contributed by atoms with E-state index in [1.54, 1.807) is 33.2 Å². The molecule has 254 valence electrons. The molecule has 2 aromatic rings. The largest absolute Gasteiger partial charge is 0.399 e. The molecule has 0 saturated carbocycles. The Bertz CT molecular complexity index is 1530. The van der Waals surface area contributed by atoms with Gasteiger partial charge in [0.05, 0.1) is 17.0 Å². The van der Waals surface area contributed by atoms with Gasteiger partial charge in [-0.2, -0.15) is 0 Å². The van der Waals surface area contributed by atoms with Crippen LogP contribution < -0.4 is 21.1 Å². The lowest BCUT2D eigenvalue weighted by atomic mass is 9.76. The molecule has 2 rings (SSSR count). The Morgan fingerprint density at radius 2 is 1.57 bits per heavy atom. The molecule has 11 heteroatoms. The van der Waals surface area contributed by atoms with Crippen molar-refractivity contribution in [1.29, 1.82) is 0 Å². The van der Waals surface area contributed by atoms with Gasteiger partial charge < -0.3 is 21.3 Å². The molecular weight excluding hydrogens is 602 g/mol. The van der Waals surface area contributed by atoms with Crippen molar-refractivity contribution in [1.82, 2.24) is 20.3 Å². The maximum absolute atomic E-state index is 14.1. The summed E-state index contributed by atoms with van der Waals surface area (Å²) in [6.45, 7) is 16.7. The Balaban J connectivity index is 2.36. The number of carbonyl (C=O) groups excluding carboxylic acids is 3. The number of carbonyl (C=O) groups is 3. The van der Waals surface area contributed by atoms with Gasteiger partial charge in [-0.15, -0.1) is 0 Å². The Morgan fingerprint density at radius 3 is 2.07 bits per heavy atom. The number of amides is 3. The Labute approximate surface area is 275 Å². The van der Waals surface area contributed by atoms with Crippen molar-refractivity contribution in [3.8, 4) is 0 Å². The van der Waals surface area contributed by atoms with Crippen LogP contribution in [0.4, 0.5) is 5.69 Å². The molecule has 0 aromatic heterocycles. The van der Waals surface area contributed by atoms with Crippen LogP contribution in [0.1, 0.15) is 73.4 Å². The zero-order valence-electron chi connectivity index (χ0n) is 29.2. The highest BCUT2D eigenvalue weighted by Gasteiger charge is 2.41. The summed E-state index contributed by atoms with van der Waals surface area (Å²) in [5.74, 6) is -1.59. The third-order valence-corrected chi connectivity index (χ3v) is 9.86. The molecule has 2 aromatic carbocycles. The molecule has 0 bridgehead atoms. The molecule has 3 amide bonds. The second kappa shape index (κ2) is 15.3. The number of nitrogens with two attached hydrogens (primary N) is 1. The van der Waals surface area contributed by atoms with Gasteiger partial charge in [0.1, 0.15) is 6.04 Å². The van der Waals surface area contributed by atoms with E-state index in [0.29, 0.717) is 17.7 Å². The highest BCUT2D eigenvalue weighted by Crippen LogP contribution is 2.29. The quantitative estimate of drug-likeness (QED) is 0.187. The van der Waals surface area contributed by atoms with Crippen LogP contribution in [-0.2, 0) is 36.2 Å². The molecule has 0 spiro atoms. The van der Waals surface area contributed by atoms with Crippen LogP contribution in [-0.4, -0.2) is 63.3 Å². The maximum atomic E-state index is 14.1. The summed E-state index contributed by atoms with van der Waals surface area (Å²) in [5.41, 5.74) is 6.61. The molecule has 0 saturated heterocycles. The standard InChI is InChI=1S/C35H53N5O5S/c1-12-24-21-26(36)18-19-28(24)46(44,45)39-31(41)23(4)20-27(22(2)3)40(11)33(43)30(34(5,6)7)38-32(42)29(37-10)35(8,9)25-16-14-13-15-17-25/h13-22,27,29-30,37H,12,36H2,1-11H3,(H,38,42)(H,39,41)/b23-20+/t27-,29-,30-/m1/s1. The van der Waals surface area contributed by atoms with E-state index in [0.717, 1.165) is 5.56 Å². The van der Waals surface area contributed by atoms with Crippen LogP contribution in [0.5, 0.6) is 0 Å². The number of hydrogen-bond acceptors (Lipinski definition) is 7. The van der Waals surface area contributed by atoms with E-state index in [2.05, 4.69) is 15.4 Å². The average molecular weight is 656 g/mol. The first-order chi connectivity index (χ1) is 21.2. The minimum atomic E-state index is -4.18. The van der Waals surface area contributed by atoms with E-state index in [4.69, 9.17) is 5.73 Å². The third kappa shape index (κ3) is 9.19. The molecule has 5 N–H and O–H groups in total. The lowest BCUT2D eigenvalue weighted by Gasteiger charge is -2.40. The van der Waals surface area contributed by atoms with Gasteiger partial charge in [-0.3, -0.25) is 14.4 Å². The molecule has 46 heavy (non-hydrogen) atoms. The molecule has 0 heterocycles. The smallest absolute Gasteiger partial charge is 0.264 e. The number of sulfonamides is 1. The molecule has 0 aliphatic rings. The summed E-state index contributed by atoms with van der Waals surface area (Å²) < 4.78 is 28.4. The Hall–Kier alpha value is -3.70. The van der Waals surface area contributed by atoms with Gasteiger partial charge in [0, 0.05) is 23.7 Å². The molecule has 0 radical (unpaired) electrons. The second-order valence-corrected chi connectivity index (χ2v) is 15.5. The summed E-state index contributed by atoms with van der Waals surface area (Å²) in [6, 6.07) is 12.0. The first kappa shape index (κ1) is 38.5. The van der Waals surface area contributed by atoms with Crippen molar-refractivity contribution in [2.24, 2.45) is 11.3 Å². The van der Waals surface area contributed by atoms with Gasteiger partial charge in [0.2, 0.25) is 11.8 Å². The van der Waals surface area contributed by atoms with Crippen LogP contribution in [0.3, 0.4) is 0 Å². The number of hydrogen-bond donors (Lipinski definition) is 4. The number of nitrogen functional groups attached to an aromatic ring is 1. The van der Waals surface area contributed by atoms with Gasteiger partial charge >= 0.3 is 0 Å². The van der Waals surface area contributed by atoms with E-state index < -0.39 is 44.9 Å². The number of anilines is 1.